The third-order valence-electron chi connectivity index (χ3n) is 2.86. The topological polar surface area (TPSA) is 32.3 Å². The van der Waals surface area contributed by atoms with E-state index in [0.29, 0.717) is 0 Å². The van der Waals surface area contributed by atoms with Crippen molar-refractivity contribution in [1.29, 1.82) is 0 Å². The van der Waals surface area contributed by atoms with Crippen molar-refractivity contribution in [3.8, 4) is 0 Å². The summed E-state index contributed by atoms with van der Waals surface area (Å²) >= 11 is 4.28. The normalized spacial score (nSPS) is 16.2. The average molecular weight is 236 g/mol. The van der Waals surface area contributed by atoms with Gasteiger partial charge >= 0.3 is 0 Å². The number of hydrogen-bond acceptors (Lipinski definition) is 3. The molecule has 0 spiro atoms. The van der Waals surface area contributed by atoms with Crippen molar-refractivity contribution in [2.75, 3.05) is 26.2 Å². The Balaban J connectivity index is 2.22. The van der Waals surface area contributed by atoms with Crippen molar-refractivity contribution in [2.24, 2.45) is 0 Å². The fraction of sp³-hybridized carbons (Fsp3) is 0.417. The van der Waals surface area contributed by atoms with E-state index in [1.807, 2.05) is 30.0 Å². The third kappa shape index (κ3) is 2.39. The van der Waals surface area contributed by atoms with Crippen LogP contribution >= 0.6 is 12.6 Å². The van der Waals surface area contributed by atoms with Crippen LogP contribution in [0.25, 0.3) is 0 Å². The molecule has 1 heterocycles. The number of hydrogen-bond donors (Lipinski definition) is 2. The second-order valence-electron chi connectivity index (χ2n) is 4.04. The highest BCUT2D eigenvalue weighted by molar-refractivity contribution is 7.80. The molecule has 3 nitrogen and oxygen atoms in total. The Morgan fingerprint density at radius 3 is 2.75 bits per heavy atom. The van der Waals surface area contributed by atoms with Gasteiger partial charge in [0.1, 0.15) is 0 Å². The molecule has 2 rings (SSSR count). The monoisotopic (exact) mass is 236 g/mol. The average Bonchev–Trinajstić information content (AvgIpc) is 2.32. The second kappa shape index (κ2) is 4.89. The number of nitrogens with zero attached hydrogens (tertiary/aromatic N) is 1. The molecule has 1 fully saturated rings. The molecule has 1 aliphatic heterocycles. The Morgan fingerprint density at radius 2 is 2.06 bits per heavy atom. The number of piperazine rings is 1. The summed E-state index contributed by atoms with van der Waals surface area (Å²) in [6, 6.07) is 5.70. The first-order valence-corrected chi connectivity index (χ1v) is 5.93. The van der Waals surface area contributed by atoms with E-state index in [0.717, 1.165) is 42.2 Å². The van der Waals surface area contributed by atoms with Crippen molar-refractivity contribution in [1.82, 2.24) is 10.2 Å². The molecule has 0 atom stereocenters. The van der Waals surface area contributed by atoms with Gasteiger partial charge in [0.15, 0.2) is 0 Å². The largest absolute Gasteiger partial charge is 0.336 e. The zero-order valence-electron chi connectivity index (χ0n) is 9.36. The number of benzene rings is 1. The van der Waals surface area contributed by atoms with E-state index in [2.05, 4.69) is 17.9 Å². The Bertz CT molecular complexity index is 400. The lowest BCUT2D eigenvalue weighted by Gasteiger charge is -2.28. The Labute approximate surface area is 101 Å². The Morgan fingerprint density at radius 1 is 1.38 bits per heavy atom. The number of carbonyl (C=O) groups excluding carboxylic acids is 1. The van der Waals surface area contributed by atoms with Crippen LogP contribution in [0, 0.1) is 6.92 Å². The third-order valence-corrected chi connectivity index (χ3v) is 3.13. The molecule has 0 radical (unpaired) electrons. The van der Waals surface area contributed by atoms with E-state index >= 15 is 0 Å². The van der Waals surface area contributed by atoms with Crippen LogP contribution in [0.4, 0.5) is 0 Å². The number of aryl methyl sites for hydroxylation is 1. The minimum Gasteiger partial charge on any atom is -0.336 e. The van der Waals surface area contributed by atoms with Crippen molar-refractivity contribution in [3.05, 3.63) is 29.3 Å². The summed E-state index contributed by atoms with van der Waals surface area (Å²) in [6.07, 6.45) is 0. The molecule has 1 amide bonds. The zero-order valence-corrected chi connectivity index (χ0v) is 10.3. The summed E-state index contributed by atoms with van der Waals surface area (Å²) in [5, 5.41) is 3.24. The minimum absolute atomic E-state index is 0.120. The highest BCUT2D eigenvalue weighted by Crippen LogP contribution is 2.16. The molecule has 1 aromatic rings. The predicted molar refractivity (Wildman–Crippen MR) is 67.2 cm³/mol. The molecule has 1 saturated heterocycles. The van der Waals surface area contributed by atoms with Crippen LogP contribution in [0.5, 0.6) is 0 Å². The number of rotatable bonds is 1. The van der Waals surface area contributed by atoms with Gasteiger partial charge in [-0.3, -0.25) is 4.79 Å². The lowest BCUT2D eigenvalue weighted by atomic mass is 10.1. The van der Waals surface area contributed by atoms with Gasteiger partial charge in [-0.1, -0.05) is 6.07 Å². The summed E-state index contributed by atoms with van der Waals surface area (Å²) in [5.41, 5.74) is 1.79. The van der Waals surface area contributed by atoms with E-state index < -0.39 is 0 Å². The van der Waals surface area contributed by atoms with Gasteiger partial charge in [0.25, 0.3) is 5.91 Å². The fourth-order valence-corrected chi connectivity index (χ4v) is 2.08. The molecule has 86 valence electrons. The van der Waals surface area contributed by atoms with E-state index in [4.69, 9.17) is 0 Å². The second-order valence-corrected chi connectivity index (χ2v) is 4.56. The first-order chi connectivity index (χ1) is 7.68. The molecule has 0 aromatic heterocycles. The SMILES string of the molecule is Cc1ccc(S)cc1C(=O)N1CCNCC1. The maximum Gasteiger partial charge on any atom is 0.254 e. The Kier molecular flexibility index (Phi) is 3.51. The molecule has 0 unspecified atom stereocenters. The van der Waals surface area contributed by atoms with Crippen molar-refractivity contribution in [2.45, 2.75) is 11.8 Å². The van der Waals surface area contributed by atoms with Crippen LogP contribution < -0.4 is 5.32 Å². The fourth-order valence-electron chi connectivity index (χ4n) is 1.88. The standard InChI is InChI=1S/C12H16N2OS/c1-9-2-3-10(16)8-11(9)12(15)14-6-4-13-5-7-14/h2-3,8,13,16H,4-7H2,1H3. The van der Waals surface area contributed by atoms with Crippen LogP contribution in [0.15, 0.2) is 23.1 Å². The summed E-state index contributed by atoms with van der Waals surface area (Å²) < 4.78 is 0. The summed E-state index contributed by atoms with van der Waals surface area (Å²) in [5.74, 6) is 0.120. The highest BCUT2D eigenvalue weighted by atomic mass is 32.1. The van der Waals surface area contributed by atoms with E-state index in [1.165, 1.54) is 0 Å². The van der Waals surface area contributed by atoms with Crippen LogP contribution in [0.2, 0.25) is 0 Å². The van der Waals surface area contributed by atoms with E-state index in [1.54, 1.807) is 0 Å². The van der Waals surface area contributed by atoms with Gasteiger partial charge in [-0.2, -0.15) is 0 Å². The molecule has 0 bridgehead atoms. The lowest BCUT2D eigenvalue weighted by molar-refractivity contribution is 0.0735. The van der Waals surface area contributed by atoms with Crippen molar-refractivity contribution < 1.29 is 4.79 Å². The number of thiol groups is 1. The van der Waals surface area contributed by atoms with Gasteiger partial charge in [-0.15, -0.1) is 12.6 Å². The maximum absolute atomic E-state index is 12.2. The quantitative estimate of drug-likeness (QED) is 0.721. The molecule has 0 aliphatic carbocycles. The summed E-state index contributed by atoms with van der Waals surface area (Å²) in [7, 11) is 0. The van der Waals surface area contributed by atoms with Gasteiger partial charge in [0, 0.05) is 36.6 Å². The molecular weight excluding hydrogens is 220 g/mol. The highest BCUT2D eigenvalue weighted by Gasteiger charge is 2.19. The van der Waals surface area contributed by atoms with Gasteiger partial charge in [0.2, 0.25) is 0 Å². The van der Waals surface area contributed by atoms with Gasteiger partial charge in [-0.25, -0.2) is 0 Å². The molecule has 1 aliphatic rings. The first kappa shape index (κ1) is 11.5. The van der Waals surface area contributed by atoms with Crippen LogP contribution in [-0.2, 0) is 0 Å². The van der Waals surface area contributed by atoms with Crippen LogP contribution in [0.1, 0.15) is 15.9 Å². The smallest absolute Gasteiger partial charge is 0.254 e. The number of carbonyl (C=O) groups is 1. The van der Waals surface area contributed by atoms with Crippen molar-refractivity contribution in [3.63, 3.8) is 0 Å². The van der Waals surface area contributed by atoms with E-state index in [-0.39, 0.29) is 5.91 Å². The van der Waals surface area contributed by atoms with Gasteiger partial charge in [0.05, 0.1) is 0 Å². The molecule has 4 heteroatoms. The predicted octanol–water partition coefficient (Wildman–Crippen LogP) is 1.33. The van der Waals surface area contributed by atoms with Crippen LogP contribution in [-0.4, -0.2) is 37.0 Å². The molecule has 1 aromatic carbocycles. The van der Waals surface area contributed by atoms with E-state index in [9.17, 15) is 4.79 Å². The maximum atomic E-state index is 12.2. The van der Waals surface area contributed by atoms with Gasteiger partial charge < -0.3 is 10.2 Å². The van der Waals surface area contributed by atoms with Crippen LogP contribution in [0.3, 0.4) is 0 Å². The molecular formula is C12H16N2OS. The summed E-state index contributed by atoms with van der Waals surface area (Å²) in [4.78, 5) is 15.0. The first-order valence-electron chi connectivity index (χ1n) is 5.48. The van der Waals surface area contributed by atoms with Crippen molar-refractivity contribution >= 4 is 18.5 Å². The number of nitrogens with one attached hydrogen (secondary N) is 1. The minimum atomic E-state index is 0.120. The lowest BCUT2D eigenvalue weighted by Crippen LogP contribution is -2.46. The molecule has 1 N–H and O–H groups in total. The zero-order chi connectivity index (χ0) is 11.5. The van der Waals surface area contributed by atoms with Gasteiger partial charge in [-0.05, 0) is 24.6 Å². The summed E-state index contributed by atoms with van der Waals surface area (Å²) in [6.45, 7) is 5.30. The molecule has 0 saturated carbocycles. The Hall–Kier alpha value is -1.00. The number of amides is 1. The molecule has 16 heavy (non-hydrogen) atoms.